The fourth-order valence-corrected chi connectivity index (χ4v) is 3.68. The van der Waals surface area contributed by atoms with Gasteiger partial charge in [0, 0.05) is 0 Å². The number of rotatable bonds is 6. The van der Waals surface area contributed by atoms with Crippen molar-refractivity contribution in [1.29, 1.82) is 0 Å². The van der Waals surface area contributed by atoms with E-state index in [2.05, 4.69) is 15.3 Å². The van der Waals surface area contributed by atoms with Crippen molar-refractivity contribution in [1.82, 2.24) is 19.8 Å². The molecule has 0 saturated carbocycles. The lowest BCUT2D eigenvalue weighted by molar-refractivity contribution is -0.142. The van der Waals surface area contributed by atoms with Gasteiger partial charge in [-0.25, -0.2) is 9.31 Å². The van der Waals surface area contributed by atoms with E-state index >= 15 is 0 Å². The zero-order valence-electron chi connectivity index (χ0n) is 17.6. The second kappa shape index (κ2) is 8.51. The Balaban J connectivity index is 1.97. The minimum Gasteiger partial charge on any atom is -0.466 e. The van der Waals surface area contributed by atoms with Gasteiger partial charge in [0.05, 0.1) is 36.6 Å². The molecule has 4 aromatic rings. The zero-order valence-corrected chi connectivity index (χ0v) is 17.6. The maximum absolute atomic E-state index is 12.5. The quantitative estimate of drug-likeness (QED) is 0.442. The number of aryl methyl sites for hydroxylation is 1. The normalized spacial score (nSPS) is 11.1. The molecule has 0 fully saturated rings. The minimum atomic E-state index is -0.656. The molecule has 4 rings (SSSR count). The number of ether oxygens (including phenoxy) is 2. The van der Waals surface area contributed by atoms with Gasteiger partial charge in [0.1, 0.15) is 0 Å². The molecule has 2 aromatic heterocycles. The SMILES string of the molecule is CCOC(=O)Cc1c(C(=O)OCC)nnc2c(-c3cccc4ccccc34)c(C)nn12. The maximum atomic E-state index is 12.5. The van der Waals surface area contributed by atoms with E-state index in [1.54, 1.807) is 13.8 Å². The summed E-state index contributed by atoms with van der Waals surface area (Å²) in [6.45, 7) is 5.70. The number of nitrogens with zero attached hydrogens (tertiary/aromatic N) is 4. The van der Waals surface area contributed by atoms with E-state index in [1.165, 1.54) is 4.52 Å². The number of benzene rings is 2. The first-order valence-corrected chi connectivity index (χ1v) is 10.1. The third kappa shape index (κ3) is 3.72. The number of esters is 2. The second-order valence-corrected chi connectivity index (χ2v) is 6.92. The summed E-state index contributed by atoms with van der Waals surface area (Å²) in [5.74, 6) is -1.14. The van der Waals surface area contributed by atoms with Gasteiger partial charge >= 0.3 is 11.9 Å². The van der Waals surface area contributed by atoms with Crippen LogP contribution in [-0.2, 0) is 20.7 Å². The Morgan fingerprint density at radius 3 is 2.48 bits per heavy atom. The van der Waals surface area contributed by atoms with Gasteiger partial charge in [-0.1, -0.05) is 42.5 Å². The smallest absolute Gasteiger partial charge is 0.360 e. The van der Waals surface area contributed by atoms with Crippen LogP contribution >= 0.6 is 0 Å². The Bertz CT molecular complexity index is 1290. The van der Waals surface area contributed by atoms with Crippen LogP contribution in [0.15, 0.2) is 42.5 Å². The lowest BCUT2D eigenvalue weighted by atomic mass is 9.98. The van der Waals surface area contributed by atoms with Crippen LogP contribution in [0.2, 0.25) is 0 Å². The summed E-state index contributed by atoms with van der Waals surface area (Å²) < 4.78 is 11.7. The van der Waals surface area contributed by atoms with Gasteiger partial charge in [0.2, 0.25) is 0 Å². The van der Waals surface area contributed by atoms with E-state index in [1.807, 2.05) is 49.4 Å². The van der Waals surface area contributed by atoms with Crippen LogP contribution in [-0.4, -0.2) is 45.0 Å². The molecule has 0 saturated heterocycles. The third-order valence-electron chi connectivity index (χ3n) is 4.95. The average Bonchev–Trinajstić information content (AvgIpc) is 3.10. The van der Waals surface area contributed by atoms with Crippen LogP contribution in [0.1, 0.15) is 35.7 Å². The molecule has 8 heteroatoms. The number of hydrogen-bond acceptors (Lipinski definition) is 7. The zero-order chi connectivity index (χ0) is 22.0. The number of fused-ring (bicyclic) bond motifs is 2. The minimum absolute atomic E-state index is 0.0469. The molecule has 0 amide bonds. The summed E-state index contributed by atoms with van der Waals surface area (Å²) >= 11 is 0. The Morgan fingerprint density at radius 1 is 0.968 bits per heavy atom. The molecule has 0 aliphatic heterocycles. The Kier molecular flexibility index (Phi) is 5.62. The van der Waals surface area contributed by atoms with E-state index < -0.39 is 11.9 Å². The molecule has 2 heterocycles. The third-order valence-corrected chi connectivity index (χ3v) is 4.95. The van der Waals surface area contributed by atoms with Crippen molar-refractivity contribution < 1.29 is 19.1 Å². The van der Waals surface area contributed by atoms with E-state index in [0.717, 1.165) is 21.9 Å². The van der Waals surface area contributed by atoms with Crippen LogP contribution in [0.3, 0.4) is 0 Å². The van der Waals surface area contributed by atoms with E-state index in [4.69, 9.17) is 9.47 Å². The first-order chi connectivity index (χ1) is 15.0. The van der Waals surface area contributed by atoms with Crippen LogP contribution in [0.5, 0.6) is 0 Å². The maximum Gasteiger partial charge on any atom is 0.360 e. The lowest BCUT2D eigenvalue weighted by Crippen LogP contribution is -2.20. The number of hydrogen-bond donors (Lipinski definition) is 0. The number of carbonyl (C=O) groups is 2. The lowest BCUT2D eigenvalue weighted by Gasteiger charge is -2.10. The largest absolute Gasteiger partial charge is 0.466 e. The summed E-state index contributed by atoms with van der Waals surface area (Å²) in [6, 6.07) is 14.0. The molecule has 0 unspecified atom stereocenters. The van der Waals surface area contributed by atoms with Crippen molar-refractivity contribution in [3.05, 3.63) is 59.5 Å². The van der Waals surface area contributed by atoms with Gasteiger partial charge in [-0.3, -0.25) is 4.79 Å². The standard InChI is InChI=1S/C23H22N4O4/c1-4-30-19(28)13-18-21(23(29)31-5-2)24-25-22-20(14(3)26-27(18)22)17-12-8-10-15-9-6-7-11-16(15)17/h6-12H,4-5,13H2,1-3H3. The molecular weight excluding hydrogens is 396 g/mol. The molecule has 31 heavy (non-hydrogen) atoms. The highest BCUT2D eigenvalue weighted by atomic mass is 16.5. The van der Waals surface area contributed by atoms with Gasteiger partial charge in [0.15, 0.2) is 11.3 Å². The van der Waals surface area contributed by atoms with Crippen LogP contribution in [0, 0.1) is 6.92 Å². The summed E-state index contributed by atoms with van der Waals surface area (Å²) in [4.78, 5) is 24.7. The highest BCUT2D eigenvalue weighted by Crippen LogP contribution is 2.33. The van der Waals surface area contributed by atoms with Crippen molar-refractivity contribution in [2.24, 2.45) is 0 Å². The molecule has 158 valence electrons. The predicted molar refractivity (Wildman–Crippen MR) is 115 cm³/mol. The van der Waals surface area contributed by atoms with E-state index in [0.29, 0.717) is 11.3 Å². The topological polar surface area (TPSA) is 95.7 Å². The number of aromatic nitrogens is 4. The van der Waals surface area contributed by atoms with Gasteiger partial charge < -0.3 is 9.47 Å². The average molecular weight is 418 g/mol. The molecule has 0 aliphatic rings. The summed E-state index contributed by atoms with van der Waals surface area (Å²) in [5.41, 5.74) is 3.15. The van der Waals surface area contributed by atoms with Crippen LogP contribution in [0.25, 0.3) is 27.5 Å². The molecule has 0 N–H and O–H groups in total. The molecular formula is C23H22N4O4. The monoisotopic (exact) mass is 418 g/mol. The first kappa shape index (κ1) is 20.5. The molecule has 0 spiro atoms. The molecule has 2 aromatic carbocycles. The van der Waals surface area contributed by atoms with Crippen molar-refractivity contribution in [3.8, 4) is 11.1 Å². The Morgan fingerprint density at radius 2 is 1.71 bits per heavy atom. The van der Waals surface area contributed by atoms with Crippen molar-refractivity contribution in [3.63, 3.8) is 0 Å². The van der Waals surface area contributed by atoms with Gasteiger partial charge in [0.25, 0.3) is 0 Å². The Labute approximate surface area is 178 Å². The van der Waals surface area contributed by atoms with E-state index in [-0.39, 0.29) is 31.0 Å². The van der Waals surface area contributed by atoms with E-state index in [9.17, 15) is 9.59 Å². The molecule has 8 nitrogen and oxygen atoms in total. The fourth-order valence-electron chi connectivity index (χ4n) is 3.68. The highest BCUT2D eigenvalue weighted by Gasteiger charge is 2.25. The van der Waals surface area contributed by atoms with Crippen molar-refractivity contribution >= 4 is 28.4 Å². The van der Waals surface area contributed by atoms with Gasteiger partial charge in [-0.2, -0.15) is 5.10 Å². The molecule has 0 atom stereocenters. The van der Waals surface area contributed by atoms with Gasteiger partial charge in [-0.05, 0) is 37.1 Å². The second-order valence-electron chi connectivity index (χ2n) is 6.92. The van der Waals surface area contributed by atoms with Crippen molar-refractivity contribution in [2.45, 2.75) is 27.2 Å². The van der Waals surface area contributed by atoms with Crippen molar-refractivity contribution in [2.75, 3.05) is 13.2 Å². The first-order valence-electron chi connectivity index (χ1n) is 10.1. The van der Waals surface area contributed by atoms with Gasteiger partial charge in [-0.15, -0.1) is 10.2 Å². The molecule has 0 radical (unpaired) electrons. The van der Waals surface area contributed by atoms with Crippen LogP contribution < -0.4 is 0 Å². The summed E-state index contributed by atoms with van der Waals surface area (Å²) in [6.07, 6.45) is -0.176. The highest BCUT2D eigenvalue weighted by molar-refractivity contribution is 6.00. The van der Waals surface area contributed by atoms with Crippen LogP contribution in [0.4, 0.5) is 0 Å². The molecule has 0 aliphatic carbocycles. The number of carbonyl (C=O) groups excluding carboxylic acids is 2. The molecule has 0 bridgehead atoms. The predicted octanol–water partition coefficient (Wildman–Crippen LogP) is 3.54. The summed E-state index contributed by atoms with van der Waals surface area (Å²) in [7, 11) is 0. The Hall–Kier alpha value is -3.81. The summed E-state index contributed by atoms with van der Waals surface area (Å²) in [5, 5.41) is 15.2. The fraction of sp³-hybridized carbons (Fsp3) is 0.261.